The standard InChI is InChI=1S/C13H15BrClN3/c1-8-7-17-18(3)13(8)12(16-2)9-4-10(14)6-11(15)5-9/h4-7,12,16H,1-3H3. The molecule has 0 amide bonds. The number of aryl methyl sites for hydroxylation is 2. The highest BCUT2D eigenvalue weighted by molar-refractivity contribution is 9.10. The van der Waals surface area contributed by atoms with Crippen molar-refractivity contribution in [2.45, 2.75) is 13.0 Å². The summed E-state index contributed by atoms with van der Waals surface area (Å²) in [7, 11) is 3.89. The monoisotopic (exact) mass is 327 g/mol. The van der Waals surface area contributed by atoms with Gasteiger partial charge in [-0.25, -0.2) is 0 Å². The average molecular weight is 329 g/mol. The zero-order valence-electron chi connectivity index (χ0n) is 10.5. The maximum absolute atomic E-state index is 6.11. The molecule has 0 bridgehead atoms. The van der Waals surface area contributed by atoms with Crippen LogP contribution in [0, 0.1) is 6.92 Å². The Balaban J connectivity index is 2.52. The second-order valence-corrected chi connectivity index (χ2v) is 5.61. The van der Waals surface area contributed by atoms with Gasteiger partial charge in [-0.1, -0.05) is 27.5 Å². The molecule has 0 aliphatic rings. The van der Waals surface area contributed by atoms with Crippen LogP contribution in [-0.2, 0) is 7.05 Å². The first kappa shape index (κ1) is 13.6. The van der Waals surface area contributed by atoms with Crippen molar-refractivity contribution < 1.29 is 0 Å². The van der Waals surface area contributed by atoms with E-state index in [2.05, 4.69) is 39.3 Å². The van der Waals surface area contributed by atoms with Crippen LogP contribution in [0.1, 0.15) is 22.9 Å². The van der Waals surface area contributed by atoms with E-state index in [-0.39, 0.29) is 6.04 Å². The van der Waals surface area contributed by atoms with Gasteiger partial charge in [0.05, 0.1) is 17.9 Å². The quantitative estimate of drug-likeness (QED) is 0.935. The predicted molar refractivity (Wildman–Crippen MR) is 78.0 cm³/mol. The van der Waals surface area contributed by atoms with Crippen LogP contribution in [0.3, 0.4) is 0 Å². The van der Waals surface area contributed by atoms with Crippen LogP contribution in [0.4, 0.5) is 0 Å². The van der Waals surface area contributed by atoms with E-state index < -0.39 is 0 Å². The number of benzene rings is 1. The van der Waals surface area contributed by atoms with Crippen molar-refractivity contribution in [2.75, 3.05) is 7.05 Å². The first-order chi connectivity index (χ1) is 8.52. The Morgan fingerprint density at radius 2 is 2.11 bits per heavy atom. The minimum atomic E-state index is 0.0764. The summed E-state index contributed by atoms with van der Waals surface area (Å²) in [6.07, 6.45) is 1.87. The van der Waals surface area contributed by atoms with Crippen molar-refractivity contribution in [3.8, 4) is 0 Å². The van der Waals surface area contributed by atoms with Crippen molar-refractivity contribution in [3.05, 3.63) is 50.7 Å². The lowest BCUT2D eigenvalue weighted by atomic mass is 10.0. The lowest BCUT2D eigenvalue weighted by molar-refractivity contribution is 0.603. The van der Waals surface area contributed by atoms with Gasteiger partial charge < -0.3 is 5.32 Å². The molecule has 5 heteroatoms. The van der Waals surface area contributed by atoms with Crippen LogP contribution in [0.25, 0.3) is 0 Å². The zero-order valence-corrected chi connectivity index (χ0v) is 12.9. The third kappa shape index (κ3) is 2.60. The van der Waals surface area contributed by atoms with Gasteiger partial charge in [0.25, 0.3) is 0 Å². The Bertz CT molecular complexity index is 526. The highest BCUT2D eigenvalue weighted by Crippen LogP contribution is 2.29. The van der Waals surface area contributed by atoms with Crippen molar-refractivity contribution in [3.63, 3.8) is 0 Å². The van der Waals surface area contributed by atoms with E-state index in [1.165, 1.54) is 0 Å². The average Bonchev–Trinajstić information content (AvgIpc) is 2.61. The number of hydrogen-bond acceptors (Lipinski definition) is 2. The third-order valence-corrected chi connectivity index (χ3v) is 3.63. The molecular weight excluding hydrogens is 314 g/mol. The summed E-state index contributed by atoms with van der Waals surface area (Å²) < 4.78 is 2.87. The molecule has 2 aromatic rings. The van der Waals surface area contributed by atoms with Crippen LogP contribution in [-0.4, -0.2) is 16.8 Å². The molecule has 3 nitrogen and oxygen atoms in total. The fraction of sp³-hybridized carbons (Fsp3) is 0.308. The SMILES string of the molecule is CNC(c1cc(Cl)cc(Br)c1)c1c(C)cnn1C. The van der Waals surface area contributed by atoms with Crippen molar-refractivity contribution in [2.24, 2.45) is 7.05 Å². The highest BCUT2D eigenvalue weighted by atomic mass is 79.9. The van der Waals surface area contributed by atoms with E-state index in [0.29, 0.717) is 0 Å². The van der Waals surface area contributed by atoms with E-state index in [9.17, 15) is 0 Å². The maximum atomic E-state index is 6.11. The van der Waals surface area contributed by atoms with Gasteiger partial charge >= 0.3 is 0 Å². The molecule has 1 N–H and O–H groups in total. The molecule has 0 saturated heterocycles. The highest BCUT2D eigenvalue weighted by Gasteiger charge is 2.19. The summed E-state index contributed by atoms with van der Waals surface area (Å²) in [5, 5.41) is 8.33. The topological polar surface area (TPSA) is 29.9 Å². The number of halogens is 2. The number of nitrogens with zero attached hydrogens (tertiary/aromatic N) is 2. The fourth-order valence-electron chi connectivity index (χ4n) is 2.17. The lowest BCUT2D eigenvalue weighted by Crippen LogP contribution is -2.21. The third-order valence-electron chi connectivity index (χ3n) is 2.96. The molecule has 2 rings (SSSR count). The Morgan fingerprint density at radius 1 is 1.39 bits per heavy atom. The van der Waals surface area contributed by atoms with Crippen LogP contribution < -0.4 is 5.32 Å². The van der Waals surface area contributed by atoms with E-state index in [4.69, 9.17) is 11.6 Å². The minimum Gasteiger partial charge on any atom is -0.308 e. The Morgan fingerprint density at radius 3 is 2.61 bits per heavy atom. The smallest absolute Gasteiger partial charge is 0.0749 e. The molecule has 0 saturated carbocycles. The van der Waals surface area contributed by atoms with Gasteiger partial charge in [0.15, 0.2) is 0 Å². The molecule has 0 fully saturated rings. The van der Waals surface area contributed by atoms with Crippen molar-refractivity contribution in [1.82, 2.24) is 15.1 Å². The van der Waals surface area contributed by atoms with Gasteiger partial charge in [0.2, 0.25) is 0 Å². The number of nitrogens with one attached hydrogen (secondary N) is 1. The maximum Gasteiger partial charge on any atom is 0.0749 e. The lowest BCUT2D eigenvalue weighted by Gasteiger charge is -2.19. The van der Waals surface area contributed by atoms with Gasteiger partial charge in [0.1, 0.15) is 0 Å². The molecule has 18 heavy (non-hydrogen) atoms. The van der Waals surface area contributed by atoms with Crippen LogP contribution >= 0.6 is 27.5 Å². The Kier molecular flexibility index (Phi) is 4.10. The molecule has 1 aromatic heterocycles. The van der Waals surface area contributed by atoms with Crippen LogP contribution in [0.5, 0.6) is 0 Å². The van der Waals surface area contributed by atoms with Crippen molar-refractivity contribution in [1.29, 1.82) is 0 Å². The molecule has 0 aliphatic heterocycles. The molecule has 1 aromatic carbocycles. The molecule has 0 spiro atoms. The fourth-order valence-corrected chi connectivity index (χ4v) is 3.06. The summed E-state index contributed by atoms with van der Waals surface area (Å²) >= 11 is 9.59. The summed E-state index contributed by atoms with van der Waals surface area (Å²) in [4.78, 5) is 0. The van der Waals surface area contributed by atoms with Crippen LogP contribution in [0.15, 0.2) is 28.9 Å². The molecule has 1 unspecified atom stereocenters. The van der Waals surface area contributed by atoms with Gasteiger partial charge in [-0.2, -0.15) is 5.10 Å². The zero-order chi connectivity index (χ0) is 13.3. The number of hydrogen-bond donors (Lipinski definition) is 1. The number of aromatic nitrogens is 2. The molecule has 0 radical (unpaired) electrons. The number of rotatable bonds is 3. The molecule has 96 valence electrons. The summed E-state index contributed by atoms with van der Waals surface area (Å²) in [5.74, 6) is 0. The Labute approximate surface area is 120 Å². The molecule has 1 heterocycles. The molecular formula is C13H15BrClN3. The van der Waals surface area contributed by atoms with E-state index in [1.54, 1.807) is 0 Å². The van der Waals surface area contributed by atoms with Crippen molar-refractivity contribution >= 4 is 27.5 Å². The normalized spacial score (nSPS) is 12.7. The second-order valence-electron chi connectivity index (χ2n) is 4.26. The second kappa shape index (κ2) is 5.43. The predicted octanol–water partition coefficient (Wildman–Crippen LogP) is 3.45. The minimum absolute atomic E-state index is 0.0764. The summed E-state index contributed by atoms with van der Waals surface area (Å²) in [6, 6.07) is 6.00. The van der Waals surface area contributed by atoms with Crippen LogP contribution in [0.2, 0.25) is 5.02 Å². The Hall–Kier alpha value is -0.840. The first-order valence-electron chi connectivity index (χ1n) is 5.64. The summed E-state index contributed by atoms with van der Waals surface area (Å²) in [6.45, 7) is 2.06. The first-order valence-corrected chi connectivity index (χ1v) is 6.81. The van der Waals surface area contributed by atoms with Gasteiger partial charge in [-0.3, -0.25) is 4.68 Å². The molecule has 0 aliphatic carbocycles. The molecule has 1 atom stereocenters. The summed E-state index contributed by atoms with van der Waals surface area (Å²) in [5.41, 5.74) is 3.42. The van der Waals surface area contributed by atoms with E-state index >= 15 is 0 Å². The van der Waals surface area contributed by atoms with Gasteiger partial charge in [-0.15, -0.1) is 0 Å². The van der Waals surface area contributed by atoms with Gasteiger partial charge in [0, 0.05) is 16.5 Å². The van der Waals surface area contributed by atoms with Gasteiger partial charge in [-0.05, 0) is 43.3 Å². The van der Waals surface area contributed by atoms with E-state index in [0.717, 1.165) is 26.3 Å². The van der Waals surface area contributed by atoms with E-state index in [1.807, 2.05) is 37.1 Å². The largest absolute Gasteiger partial charge is 0.308 e.